The third-order valence-electron chi connectivity index (χ3n) is 6.23. The van der Waals surface area contributed by atoms with E-state index >= 15 is 0 Å². The van der Waals surface area contributed by atoms with Gasteiger partial charge in [-0.2, -0.15) is 0 Å². The van der Waals surface area contributed by atoms with Crippen LogP contribution in [0.5, 0.6) is 5.75 Å². The van der Waals surface area contributed by atoms with Gasteiger partial charge in [0.25, 0.3) is 5.91 Å². The molecule has 0 spiro atoms. The number of carbonyl (C=O) groups excluding carboxylic acids is 2. The molecule has 0 atom stereocenters. The van der Waals surface area contributed by atoms with E-state index in [1.807, 2.05) is 28.0 Å². The van der Waals surface area contributed by atoms with Gasteiger partial charge in [0.15, 0.2) is 0 Å². The van der Waals surface area contributed by atoms with Gasteiger partial charge < -0.3 is 19.4 Å². The van der Waals surface area contributed by atoms with Crippen LogP contribution in [0.15, 0.2) is 48.5 Å². The summed E-state index contributed by atoms with van der Waals surface area (Å²) in [7, 11) is 1.61. The number of rotatable bonds is 4. The average Bonchev–Trinajstić information content (AvgIpc) is 2.83. The summed E-state index contributed by atoms with van der Waals surface area (Å²) in [5.41, 5.74) is 1.76. The first-order valence-corrected chi connectivity index (χ1v) is 11.2. The molecule has 31 heavy (non-hydrogen) atoms. The van der Waals surface area contributed by atoms with Crippen LogP contribution in [0.25, 0.3) is 0 Å². The topological polar surface area (TPSA) is 53.1 Å². The molecule has 2 aliphatic rings. The first-order chi connectivity index (χ1) is 15.0. The van der Waals surface area contributed by atoms with Gasteiger partial charge in [0.2, 0.25) is 5.91 Å². The predicted octanol–water partition coefficient (Wildman–Crippen LogP) is 3.55. The molecule has 0 unspecified atom stereocenters. The van der Waals surface area contributed by atoms with Crippen LogP contribution in [0.4, 0.5) is 5.69 Å². The highest BCUT2D eigenvalue weighted by atomic mass is 35.5. The molecule has 2 aromatic carbocycles. The van der Waals surface area contributed by atoms with Crippen LogP contribution in [0, 0.1) is 5.92 Å². The van der Waals surface area contributed by atoms with Crippen LogP contribution >= 0.6 is 11.6 Å². The van der Waals surface area contributed by atoms with E-state index in [1.54, 1.807) is 31.4 Å². The smallest absolute Gasteiger partial charge is 0.253 e. The van der Waals surface area contributed by atoms with Crippen molar-refractivity contribution >= 4 is 29.1 Å². The largest absolute Gasteiger partial charge is 0.497 e. The van der Waals surface area contributed by atoms with Gasteiger partial charge in [0, 0.05) is 61.5 Å². The lowest BCUT2D eigenvalue weighted by Gasteiger charge is -2.39. The van der Waals surface area contributed by atoms with Crippen LogP contribution in [0.1, 0.15) is 23.2 Å². The van der Waals surface area contributed by atoms with Crippen LogP contribution in [0.3, 0.4) is 0 Å². The number of hydrogen-bond acceptors (Lipinski definition) is 4. The van der Waals surface area contributed by atoms with Crippen molar-refractivity contribution in [1.29, 1.82) is 0 Å². The van der Waals surface area contributed by atoms with Crippen molar-refractivity contribution in [1.82, 2.24) is 9.80 Å². The first kappa shape index (κ1) is 21.5. The fourth-order valence-corrected chi connectivity index (χ4v) is 4.55. The molecule has 0 radical (unpaired) electrons. The molecule has 2 heterocycles. The summed E-state index contributed by atoms with van der Waals surface area (Å²) in [6.45, 7) is 4.28. The molecule has 2 saturated heterocycles. The third kappa shape index (κ3) is 4.96. The van der Waals surface area contributed by atoms with E-state index in [0.717, 1.165) is 55.5 Å². The Morgan fingerprint density at radius 3 is 2.19 bits per heavy atom. The van der Waals surface area contributed by atoms with Gasteiger partial charge in [-0.25, -0.2) is 0 Å². The van der Waals surface area contributed by atoms with E-state index < -0.39 is 0 Å². The van der Waals surface area contributed by atoms with Gasteiger partial charge in [-0.1, -0.05) is 17.7 Å². The van der Waals surface area contributed by atoms with Crippen LogP contribution in [-0.4, -0.2) is 68.0 Å². The number of piperazine rings is 1. The molecule has 0 aliphatic carbocycles. The number of likely N-dealkylation sites (tertiary alicyclic amines) is 1. The second kappa shape index (κ2) is 9.60. The number of carbonyl (C=O) groups is 2. The number of piperidine rings is 1. The maximum absolute atomic E-state index is 13.0. The summed E-state index contributed by atoms with van der Waals surface area (Å²) >= 11 is 6.11. The number of hydrogen-bond donors (Lipinski definition) is 0. The maximum Gasteiger partial charge on any atom is 0.253 e. The number of ether oxygens (including phenoxy) is 1. The molecule has 0 N–H and O–H groups in total. The number of halogens is 1. The Balaban J connectivity index is 1.27. The maximum atomic E-state index is 13.0. The zero-order valence-electron chi connectivity index (χ0n) is 17.8. The van der Waals surface area contributed by atoms with Gasteiger partial charge >= 0.3 is 0 Å². The second-order valence-corrected chi connectivity index (χ2v) is 8.52. The molecule has 0 bridgehead atoms. The van der Waals surface area contributed by atoms with Crippen LogP contribution in [0.2, 0.25) is 5.02 Å². The molecule has 2 aliphatic heterocycles. The molecule has 0 aromatic heterocycles. The van der Waals surface area contributed by atoms with Crippen molar-refractivity contribution in [2.24, 2.45) is 5.92 Å². The SMILES string of the molecule is COc1ccc(C(=O)N2CCC(C(=O)N3CCN(c4cccc(Cl)c4)CC3)CC2)cc1. The lowest BCUT2D eigenvalue weighted by atomic mass is 9.94. The zero-order valence-corrected chi connectivity index (χ0v) is 18.6. The summed E-state index contributed by atoms with van der Waals surface area (Å²) in [6, 6.07) is 15.0. The Morgan fingerprint density at radius 1 is 0.903 bits per heavy atom. The van der Waals surface area contributed by atoms with Crippen molar-refractivity contribution in [3.8, 4) is 5.75 Å². The fraction of sp³-hybridized carbons (Fsp3) is 0.417. The fourth-order valence-electron chi connectivity index (χ4n) is 4.36. The van der Waals surface area contributed by atoms with Crippen molar-refractivity contribution in [3.05, 3.63) is 59.1 Å². The summed E-state index contributed by atoms with van der Waals surface area (Å²) < 4.78 is 5.15. The standard InChI is InChI=1S/C24H28ClN3O3/c1-31-22-7-5-18(6-8-22)23(29)27-11-9-19(10-12-27)24(30)28-15-13-26(14-16-28)21-4-2-3-20(25)17-21/h2-8,17,19H,9-16H2,1H3. The van der Waals surface area contributed by atoms with Crippen LogP contribution < -0.4 is 9.64 Å². The monoisotopic (exact) mass is 441 g/mol. The third-order valence-corrected chi connectivity index (χ3v) is 6.47. The Morgan fingerprint density at radius 2 is 1.58 bits per heavy atom. The van der Waals surface area contributed by atoms with Crippen molar-refractivity contribution in [2.45, 2.75) is 12.8 Å². The Bertz CT molecular complexity index is 918. The van der Waals surface area contributed by atoms with Gasteiger partial charge in [0.1, 0.15) is 5.75 Å². The number of nitrogens with zero attached hydrogens (tertiary/aromatic N) is 3. The molecular weight excluding hydrogens is 414 g/mol. The van der Waals surface area contributed by atoms with Crippen LogP contribution in [-0.2, 0) is 4.79 Å². The zero-order chi connectivity index (χ0) is 21.8. The van der Waals surface area contributed by atoms with E-state index in [-0.39, 0.29) is 17.7 Å². The lowest BCUT2D eigenvalue weighted by molar-refractivity contribution is -0.137. The molecular formula is C24H28ClN3O3. The van der Waals surface area contributed by atoms with Gasteiger partial charge in [-0.05, 0) is 55.3 Å². The Hall–Kier alpha value is -2.73. The Labute approximate surface area is 188 Å². The Kier molecular flexibility index (Phi) is 6.66. The predicted molar refractivity (Wildman–Crippen MR) is 122 cm³/mol. The summed E-state index contributed by atoms with van der Waals surface area (Å²) in [5, 5.41) is 0.729. The van der Waals surface area contributed by atoms with Crippen molar-refractivity contribution < 1.29 is 14.3 Å². The summed E-state index contributed by atoms with van der Waals surface area (Å²) in [6.07, 6.45) is 1.43. The second-order valence-electron chi connectivity index (χ2n) is 8.09. The van der Waals surface area contributed by atoms with E-state index in [1.165, 1.54) is 0 Å². The minimum Gasteiger partial charge on any atom is -0.497 e. The highest BCUT2D eigenvalue weighted by Crippen LogP contribution is 2.24. The normalized spacial score (nSPS) is 17.5. The van der Waals surface area contributed by atoms with Crippen molar-refractivity contribution in [2.75, 3.05) is 51.3 Å². The van der Waals surface area contributed by atoms with Gasteiger partial charge in [-0.3, -0.25) is 9.59 Å². The minimum absolute atomic E-state index is 0.00219. The molecule has 2 fully saturated rings. The van der Waals surface area contributed by atoms with Gasteiger partial charge in [0.05, 0.1) is 7.11 Å². The van der Waals surface area contributed by atoms with E-state index in [9.17, 15) is 9.59 Å². The number of benzene rings is 2. The molecule has 2 aromatic rings. The molecule has 0 saturated carbocycles. The number of amides is 2. The summed E-state index contributed by atoms with van der Waals surface area (Å²) in [5.74, 6) is 0.972. The quantitative estimate of drug-likeness (QED) is 0.728. The number of methoxy groups -OCH3 is 1. The molecule has 2 amide bonds. The average molecular weight is 442 g/mol. The van der Waals surface area contributed by atoms with Gasteiger partial charge in [-0.15, -0.1) is 0 Å². The minimum atomic E-state index is -0.00219. The van der Waals surface area contributed by atoms with E-state index in [0.29, 0.717) is 18.7 Å². The highest BCUT2D eigenvalue weighted by Gasteiger charge is 2.32. The molecule has 4 rings (SSSR count). The molecule has 6 nitrogen and oxygen atoms in total. The molecule has 164 valence electrons. The lowest BCUT2D eigenvalue weighted by Crippen LogP contribution is -2.52. The summed E-state index contributed by atoms with van der Waals surface area (Å²) in [4.78, 5) is 31.9. The number of anilines is 1. The van der Waals surface area contributed by atoms with Crippen molar-refractivity contribution in [3.63, 3.8) is 0 Å². The van der Waals surface area contributed by atoms with E-state index in [4.69, 9.17) is 16.3 Å². The first-order valence-electron chi connectivity index (χ1n) is 10.8. The highest BCUT2D eigenvalue weighted by molar-refractivity contribution is 6.30. The molecule has 7 heteroatoms. The van der Waals surface area contributed by atoms with E-state index in [2.05, 4.69) is 11.0 Å².